The van der Waals surface area contributed by atoms with Crippen LogP contribution in [0, 0.1) is 47.3 Å². The molecule has 0 aromatic heterocycles. The van der Waals surface area contributed by atoms with Crippen molar-refractivity contribution in [3.05, 3.63) is 0 Å². The molecule has 4 saturated carbocycles. The number of ether oxygens (including phenoxy) is 1. The molecule has 4 rings (SSSR count). The van der Waals surface area contributed by atoms with Gasteiger partial charge in [0.2, 0.25) is 0 Å². The van der Waals surface area contributed by atoms with Crippen molar-refractivity contribution in [2.75, 3.05) is 0 Å². The van der Waals surface area contributed by atoms with E-state index in [1.54, 1.807) is 0 Å². The van der Waals surface area contributed by atoms with Gasteiger partial charge >= 0.3 is 23.9 Å². The van der Waals surface area contributed by atoms with E-state index in [1.807, 2.05) is 0 Å². The largest absolute Gasteiger partial charge is 0.481 e. The van der Waals surface area contributed by atoms with Crippen molar-refractivity contribution in [3.8, 4) is 0 Å². The van der Waals surface area contributed by atoms with Crippen molar-refractivity contribution in [1.29, 1.82) is 0 Å². The summed E-state index contributed by atoms with van der Waals surface area (Å²) in [5, 5.41) is 18.9. The van der Waals surface area contributed by atoms with E-state index in [9.17, 15) is 29.4 Å². The first-order valence-electron chi connectivity index (χ1n) is 9.09. The molecule has 0 saturated heterocycles. The molecule has 0 amide bonds. The molecular formula is C18H22O7. The molecule has 4 fully saturated rings. The Morgan fingerprint density at radius 2 is 0.920 bits per heavy atom. The molecule has 0 aromatic carbocycles. The summed E-state index contributed by atoms with van der Waals surface area (Å²) in [5.41, 5.74) is 0. The summed E-state index contributed by atoms with van der Waals surface area (Å²) in [4.78, 5) is 48.1. The van der Waals surface area contributed by atoms with Crippen LogP contribution in [0.25, 0.3) is 0 Å². The van der Waals surface area contributed by atoms with Crippen LogP contribution in [0.3, 0.4) is 0 Å². The van der Waals surface area contributed by atoms with Gasteiger partial charge in [-0.05, 0) is 62.2 Å². The number of carbonyl (C=O) groups excluding carboxylic acids is 2. The van der Waals surface area contributed by atoms with Crippen molar-refractivity contribution in [2.24, 2.45) is 47.3 Å². The molecule has 7 heteroatoms. The lowest BCUT2D eigenvalue weighted by atomic mass is 9.78. The molecule has 4 aliphatic carbocycles. The molecule has 0 aliphatic heterocycles. The Kier molecular flexibility index (Phi) is 3.85. The van der Waals surface area contributed by atoms with Gasteiger partial charge in [0.25, 0.3) is 0 Å². The number of esters is 2. The van der Waals surface area contributed by atoms with Crippen LogP contribution >= 0.6 is 0 Å². The number of hydrogen-bond donors (Lipinski definition) is 2. The summed E-state index contributed by atoms with van der Waals surface area (Å²) in [7, 11) is 0. The van der Waals surface area contributed by atoms with Gasteiger partial charge < -0.3 is 14.9 Å². The second kappa shape index (κ2) is 5.81. The third-order valence-electron chi connectivity index (χ3n) is 7.15. The van der Waals surface area contributed by atoms with E-state index < -0.39 is 47.5 Å². The maximum atomic E-state index is 12.5. The van der Waals surface area contributed by atoms with E-state index in [-0.39, 0.29) is 23.7 Å². The molecule has 7 nitrogen and oxygen atoms in total. The summed E-state index contributed by atoms with van der Waals surface area (Å²) < 4.78 is 5.08. The van der Waals surface area contributed by atoms with Crippen LogP contribution in [0.15, 0.2) is 0 Å². The Labute approximate surface area is 144 Å². The Hall–Kier alpha value is -1.92. The van der Waals surface area contributed by atoms with Gasteiger partial charge in [0, 0.05) is 0 Å². The molecule has 0 spiro atoms. The van der Waals surface area contributed by atoms with Crippen molar-refractivity contribution in [3.63, 3.8) is 0 Å². The predicted octanol–water partition coefficient (Wildman–Crippen LogP) is 1.55. The minimum absolute atomic E-state index is 0.0237. The number of carboxylic acids is 2. The standard InChI is InChI=1S/C18H22O7/c19-15(20)11-7-1-3-9(5-7)13(11)17(23)25-18(24)14-10-4-2-8(6-10)12(14)16(21)22/h7-14H,1-6H2,(H,19,20)(H,21,22)/t7-,8-,9+,10+,11-,12-,13?,14?/m1/s1. The average molecular weight is 350 g/mol. The number of aliphatic carboxylic acids is 2. The van der Waals surface area contributed by atoms with Gasteiger partial charge in [-0.15, -0.1) is 0 Å². The quantitative estimate of drug-likeness (QED) is 0.583. The van der Waals surface area contributed by atoms with E-state index in [1.165, 1.54) is 0 Å². The normalized spacial score (nSPS) is 44.0. The highest BCUT2D eigenvalue weighted by atomic mass is 16.6. The fraction of sp³-hybridized carbons (Fsp3) is 0.778. The maximum absolute atomic E-state index is 12.5. The van der Waals surface area contributed by atoms with Gasteiger partial charge in [0.15, 0.2) is 0 Å². The lowest BCUT2D eigenvalue weighted by molar-refractivity contribution is -0.175. The minimum atomic E-state index is -1.01. The minimum Gasteiger partial charge on any atom is -0.481 e. The number of carboxylic acid groups (broad SMARTS) is 2. The molecule has 4 aliphatic rings. The van der Waals surface area contributed by atoms with Crippen LogP contribution in [0.4, 0.5) is 0 Å². The Bertz CT molecular complexity index is 587. The third kappa shape index (κ3) is 2.47. The Morgan fingerprint density at radius 1 is 0.600 bits per heavy atom. The van der Waals surface area contributed by atoms with Crippen molar-refractivity contribution in [2.45, 2.75) is 38.5 Å². The summed E-state index contributed by atoms with van der Waals surface area (Å²) in [6.45, 7) is 0. The molecule has 2 unspecified atom stereocenters. The lowest BCUT2D eigenvalue weighted by Gasteiger charge is -2.28. The highest BCUT2D eigenvalue weighted by Gasteiger charge is 2.58. The van der Waals surface area contributed by atoms with E-state index in [4.69, 9.17) is 4.74 Å². The van der Waals surface area contributed by atoms with E-state index in [2.05, 4.69) is 0 Å². The lowest BCUT2D eigenvalue weighted by Crippen LogP contribution is -2.40. The van der Waals surface area contributed by atoms with Crippen LogP contribution in [0.2, 0.25) is 0 Å². The zero-order chi connectivity index (χ0) is 17.9. The number of fused-ring (bicyclic) bond motifs is 4. The highest BCUT2D eigenvalue weighted by molar-refractivity contribution is 5.93. The smallest absolute Gasteiger partial charge is 0.317 e. The number of carbonyl (C=O) groups is 4. The van der Waals surface area contributed by atoms with Gasteiger partial charge in [-0.3, -0.25) is 19.2 Å². The highest BCUT2D eigenvalue weighted by Crippen LogP contribution is 2.54. The molecule has 136 valence electrons. The second-order valence-corrected chi connectivity index (χ2v) is 8.19. The Morgan fingerprint density at radius 3 is 1.24 bits per heavy atom. The van der Waals surface area contributed by atoms with Crippen LogP contribution in [0.1, 0.15) is 38.5 Å². The van der Waals surface area contributed by atoms with E-state index in [0.717, 1.165) is 25.7 Å². The van der Waals surface area contributed by atoms with Gasteiger partial charge in [-0.2, -0.15) is 0 Å². The van der Waals surface area contributed by atoms with Gasteiger partial charge in [-0.25, -0.2) is 0 Å². The van der Waals surface area contributed by atoms with Gasteiger partial charge in [0.1, 0.15) is 0 Å². The van der Waals surface area contributed by atoms with Crippen LogP contribution in [0.5, 0.6) is 0 Å². The molecule has 4 bridgehead atoms. The first kappa shape index (κ1) is 16.5. The Balaban J connectivity index is 1.48. The van der Waals surface area contributed by atoms with Crippen molar-refractivity contribution >= 4 is 23.9 Å². The maximum Gasteiger partial charge on any atom is 0.317 e. The first-order valence-corrected chi connectivity index (χ1v) is 9.09. The third-order valence-corrected chi connectivity index (χ3v) is 7.15. The molecule has 0 aromatic rings. The predicted molar refractivity (Wildman–Crippen MR) is 82.0 cm³/mol. The SMILES string of the molecule is O=C(OC(=O)C1[C@H]2CC[C@H](C2)[C@H]1C(=O)O)C1[C@H]2CC[C@H](C2)[C@H]1C(=O)O. The number of rotatable bonds is 4. The number of hydrogen-bond acceptors (Lipinski definition) is 5. The van der Waals surface area contributed by atoms with Crippen LogP contribution in [-0.4, -0.2) is 34.1 Å². The van der Waals surface area contributed by atoms with Gasteiger partial charge in [0.05, 0.1) is 23.7 Å². The summed E-state index contributed by atoms with van der Waals surface area (Å²) >= 11 is 0. The summed E-state index contributed by atoms with van der Waals surface area (Å²) in [5.74, 6) is -6.80. The molecule has 2 N–H and O–H groups in total. The molecular weight excluding hydrogens is 328 g/mol. The zero-order valence-electron chi connectivity index (χ0n) is 13.8. The monoisotopic (exact) mass is 350 g/mol. The average Bonchev–Trinajstić information content (AvgIpc) is 3.31. The second-order valence-electron chi connectivity index (χ2n) is 8.19. The van der Waals surface area contributed by atoms with Crippen LogP contribution < -0.4 is 0 Å². The van der Waals surface area contributed by atoms with E-state index in [0.29, 0.717) is 12.8 Å². The topological polar surface area (TPSA) is 118 Å². The molecule has 0 heterocycles. The van der Waals surface area contributed by atoms with Crippen molar-refractivity contribution in [1.82, 2.24) is 0 Å². The first-order chi connectivity index (χ1) is 11.9. The zero-order valence-corrected chi connectivity index (χ0v) is 13.8. The van der Waals surface area contributed by atoms with Crippen molar-refractivity contribution < 1.29 is 34.1 Å². The molecule has 0 radical (unpaired) electrons. The fourth-order valence-electron chi connectivity index (χ4n) is 6.21. The van der Waals surface area contributed by atoms with Crippen LogP contribution in [-0.2, 0) is 23.9 Å². The summed E-state index contributed by atoms with van der Waals surface area (Å²) in [6.07, 6.45) is 4.55. The summed E-state index contributed by atoms with van der Waals surface area (Å²) in [6, 6.07) is 0. The molecule has 25 heavy (non-hydrogen) atoms. The van der Waals surface area contributed by atoms with E-state index >= 15 is 0 Å². The van der Waals surface area contributed by atoms with Gasteiger partial charge in [-0.1, -0.05) is 0 Å². The fourth-order valence-corrected chi connectivity index (χ4v) is 6.21. The molecule has 8 atom stereocenters.